The van der Waals surface area contributed by atoms with E-state index in [0.29, 0.717) is 0 Å². The van der Waals surface area contributed by atoms with E-state index < -0.39 is 0 Å². The van der Waals surface area contributed by atoms with Crippen LogP contribution in [-0.2, 0) is 6.54 Å². The summed E-state index contributed by atoms with van der Waals surface area (Å²) in [6, 6.07) is 6.36. The van der Waals surface area contributed by atoms with Crippen molar-refractivity contribution in [2.75, 3.05) is 18.8 Å². The molecule has 0 amide bonds. The van der Waals surface area contributed by atoms with Crippen molar-refractivity contribution in [3.8, 4) is 0 Å². The summed E-state index contributed by atoms with van der Waals surface area (Å²) >= 11 is 0. The van der Waals surface area contributed by atoms with E-state index in [1.807, 2.05) is 6.07 Å². The van der Waals surface area contributed by atoms with Crippen LogP contribution in [0.3, 0.4) is 0 Å². The lowest BCUT2D eigenvalue weighted by molar-refractivity contribution is 0.238. The average Bonchev–Trinajstić information content (AvgIpc) is 2.32. The van der Waals surface area contributed by atoms with Crippen molar-refractivity contribution in [1.29, 1.82) is 0 Å². The standard InChI is InChI=1S/C15H26N2/c1-5-12(3)10-17(6-2)11-14-7-8-15(16)13(4)9-14/h7-9,12H,5-6,10-11,16H2,1-4H3. The lowest BCUT2D eigenvalue weighted by Crippen LogP contribution is -2.27. The number of hydrogen-bond acceptors (Lipinski definition) is 2. The second-order valence-corrected chi connectivity index (χ2v) is 5.03. The second-order valence-electron chi connectivity index (χ2n) is 5.03. The quantitative estimate of drug-likeness (QED) is 0.764. The molecule has 0 bridgehead atoms. The number of aryl methyl sites for hydroxylation is 1. The zero-order valence-corrected chi connectivity index (χ0v) is 11.7. The molecule has 2 heteroatoms. The zero-order valence-electron chi connectivity index (χ0n) is 11.7. The van der Waals surface area contributed by atoms with Crippen LogP contribution in [0.5, 0.6) is 0 Å². The van der Waals surface area contributed by atoms with Gasteiger partial charge in [0.1, 0.15) is 0 Å². The third kappa shape index (κ3) is 4.39. The molecule has 0 aliphatic heterocycles. The molecule has 0 radical (unpaired) electrons. The molecule has 1 unspecified atom stereocenters. The highest BCUT2D eigenvalue weighted by atomic mass is 15.1. The number of nitrogen functional groups attached to an aromatic ring is 1. The minimum atomic E-state index is 0.768. The maximum atomic E-state index is 5.84. The van der Waals surface area contributed by atoms with Crippen molar-refractivity contribution in [2.24, 2.45) is 5.92 Å². The number of benzene rings is 1. The first-order valence-corrected chi connectivity index (χ1v) is 6.64. The molecule has 0 heterocycles. The summed E-state index contributed by atoms with van der Waals surface area (Å²) in [6.45, 7) is 12.2. The van der Waals surface area contributed by atoms with Crippen LogP contribution in [0, 0.1) is 12.8 Å². The van der Waals surface area contributed by atoms with E-state index in [-0.39, 0.29) is 0 Å². The molecular formula is C15H26N2. The van der Waals surface area contributed by atoms with Gasteiger partial charge in [-0.05, 0) is 36.6 Å². The number of hydrogen-bond donors (Lipinski definition) is 1. The van der Waals surface area contributed by atoms with Crippen LogP contribution in [0.1, 0.15) is 38.3 Å². The molecule has 1 atom stereocenters. The van der Waals surface area contributed by atoms with Crippen LogP contribution in [-0.4, -0.2) is 18.0 Å². The van der Waals surface area contributed by atoms with E-state index in [9.17, 15) is 0 Å². The van der Waals surface area contributed by atoms with E-state index in [4.69, 9.17) is 5.73 Å². The van der Waals surface area contributed by atoms with E-state index in [1.165, 1.54) is 24.1 Å². The van der Waals surface area contributed by atoms with E-state index >= 15 is 0 Å². The molecule has 96 valence electrons. The van der Waals surface area contributed by atoms with Gasteiger partial charge in [0.2, 0.25) is 0 Å². The molecule has 0 saturated carbocycles. The summed E-state index contributed by atoms with van der Waals surface area (Å²) in [6.07, 6.45) is 1.25. The Hall–Kier alpha value is -1.02. The number of nitrogens with two attached hydrogens (primary N) is 1. The highest BCUT2D eigenvalue weighted by Crippen LogP contribution is 2.15. The predicted molar refractivity (Wildman–Crippen MR) is 76.0 cm³/mol. The Morgan fingerprint density at radius 1 is 1.29 bits per heavy atom. The van der Waals surface area contributed by atoms with E-state index in [0.717, 1.165) is 24.7 Å². The van der Waals surface area contributed by atoms with Crippen molar-refractivity contribution in [1.82, 2.24) is 4.90 Å². The fraction of sp³-hybridized carbons (Fsp3) is 0.600. The fourth-order valence-corrected chi connectivity index (χ4v) is 1.97. The molecule has 1 aromatic rings. The largest absolute Gasteiger partial charge is 0.399 e. The zero-order chi connectivity index (χ0) is 12.8. The molecule has 0 spiro atoms. The van der Waals surface area contributed by atoms with Crippen molar-refractivity contribution in [3.05, 3.63) is 29.3 Å². The highest BCUT2D eigenvalue weighted by molar-refractivity contribution is 5.47. The Kier molecular flexibility index (Phi) is 5.49. The maximum Gasteiger partial charge on any atom is 0.0343 e. The fourth-order valence-electron chi connectivity index (χ4n) is 1.97. The first kappa shape index (κ1) is 14.0. The van der Waals surface area contributed by atoms with Gasteiger partial charge in [0.05, 0.1) is 0 Å². The molecular weight excluding hydrogens is 208 g/mol. The second kappa shape index (κ2) is 6.65. The van der Waals surface area contributed by atoms with Crippen molar-refractivity contribution < 1.29 is 0 Å². The minimum absolute atomic E-state index is 0.768. The smallest absolute Gasteiger partial charge is 0.0343 e. The molecule has 0 aliphatic rings. The average molecular weight is 234 g/mol. The van der Waals surface area contributed by atoms with Gasteiger partial charge in [0.25, 0.3) is 0 Å². The van der Waals surface area contributed by atoms with Gasteiger partial charge in [-0.15, -0.1) is 0 Å². The summed E-state index contributed by atoms with van der Waals surface area (Å²) in [5.74, 6) is 0.768. The van der Waals surface area contributed by atoms with Crippen LogP contribution in [0.2, 0.25) is 0 Å². The molecule has 1 rings (SSSR count). The van der Waals surface area contributed by atoms with Crippen molar-refractivity contribution >= 4 is 5.69 Å². The van der Waals surface area contributed by atoms with Crippen molar-refractivity contribution in [3.63, 3.8) is 0 Å². The van der Waals surface area contributed by atoms with Gasteiger partial charge in [-0.1, -0.05) is 39.3 Å². The number of nitrogens with zero attached hydrogens (tertiary/aromatic N) is 1. The summed E-state index contributed by atoms with van der Waals surface area (Å²) in [4.78, 5) is 2.50. The van der Waals surface area contributed by atoms with Crippen molar-refractivity contribution in [2.45, 2.75) is 40.7 Å². The third-order valence-corrected chi connectivity index (χ3v) is 3.45. The molecule has 0 aromatic heterocycles. The molecule has 2 N–H and O–H groups in total. The highest BCUT2D eigenvalue weighted by Gasteiger charge is 2.08. The monoisotopic (exact) mass is 234 g/mol. The van der Waals surface area contributed by atoms with Crippen LogP contribution in [0.4, 0.5) is 5.69 Å². The van der Waals surface area contributed by atoms with Crippen LogP contribution < -0.4 is 5.73 Å². The normalized spacial score (nSPS) is 13.0. The number of rotatable bonds is 6. The Balaban J connectivity index is 2.63. The van der Waals surface area contributed by atoms with Gasteiger partial charge in [0.15, 0.2) is 0 Å². The molecule has 0 aliphatic carbocycles. The van der Waals surface area contributed by atoms with Crippen LogP contribution in [0.15, 0.2) is 18.2 Å². The van der Waals surface area contributed by atoms with Gasteiger partial charge in [-0.25, -0.2) is 0 Å². The molecule has 17 heavy (non-hydrogen) atoms. The Morgan fingerprint density at radius 2 is 2.00 bits per heavy atom. The molecule has 0 fully saturated rings. The lowest BCUT2D eigenvalue weighted by atomic mass is 10.1. The number of anilines is 1. The third-order valence-electron chi connectivity index (χ3n) is 3.45. The molecule has 1 aromatic carbocycles. The lowest BCUT2D eigenvalue weighted by Gasteiger charge is -2.24. The summed E-state index contributed by atoms with van der Waals surface area (Å²) in [5, 5.41) is 0. The summed E-state index contributed by atoms with van der Waals surface area (Å²) in [7, 11) is 0. The van der Waals surface area contributed by atoms with Crippen LogP contribution >= 0.6 is 0 Å². The topological polar surface area (TPSA) is 29.3 Å². The predicted octanol–water partition coefficient (Wildman–Crippen LogP) is 3.45. The Labute approximate surface area is 106 Å². The molecule has 0 saturated heterocycles. The Bertz CT molecular complexity index is 347. The minimum Gasteiger partial charge on any atom is -0.399 e. The van der Waals surface area contributed by atoms with E-state index in [1.54, 1.807) is 0 Å². The van der Waals surface area contributed by atoms with E-state index in [2.05, 4.69) is 44.7 Å². The van der Waals surface area contributed by atoms with Gasteiger partial charge < -0.3 is 5.73 Å². The Morgan fingerprint density at radius 3 is 2.53 bits per heavy atom. The van der Waals surface area contributed by atoms with Gasteiger partial charge in [-0.2, -0.15) is 0 Å². The van der Waals surface area contributed by atoms with Crippen LogP contribution in [0.25, 0.3) is 0 Å². The van der Waals surface area contributed by atoms with Gasteiger partial charge in [-0.3, -0.25) is 4.90 Å². The van der Waals surface area contributed by atoms with Gasteiger partial charge >= 0.3 is 0 Å². The maximum absolute atomic E-state index is 5.84. The SMILES string of the molecule is CCC(C)CN(CC)Cc1ccc(N)c(C)c1. The first-order chi connectivity index (χ1) is 8.06. The summed E-state index contributed by atoms with van der Waals surface area (Å²) in [5.41, 5.74) is 9.27. The molecule has 2 nitrogen and oxygen atoms in total. The van der Waals surface area contributed by atoms with Gasteiger partial charge in [0, 0.05) is 18.8 Å². The first-order valence-electron chi connectivity index (χ1n) is 6.64. The summed E-state index contributed by atoms with van der Waals surface area (Å²) < 4.78 is 0.